The molecule has 71 heavy (non-hydrogen) atoms. The summed E-state index contributed by atoms with van der Waals surface area (Å²) in [5.74, 6) is -5.12. The number of amides is 7. The summed E-state index contributed by atoms with van der Waals surface area (Å²) in [6.45, 7) is 17.8. The molecule has 0 radical (unpaired) electrons. The van der Waals surface area contributed by atoms with Crippen LogP contribution in [0.1, 0.15) is 132 Å². The zero-order valence-corrected chi connectivity index (χ0v) is 45.3. The van der Waals surface area contributed by atoms with Gasteiger partial charge >= 0.3 is 5.97 Å². The van der Waals surface area contributed by atoms with Crippen LogP contribution in [-0.2, 0) is 54.3 Å². The second kappa shape index (κ2) is 27.8. The van der Waals surface area contributed by atoms with Gasteiger partial charge in [-0.15, -0.1) is 0 Å². The van der Waals surface area contributed by atoms with Crippen LogP contribution in [0.2, 0.25) is 5.31 Å². The standard InChI is InChI=1S/C53H87BN6O11/c1-14-34(7)46(40(70-12)31-43(63)59-28-22-25-39(59)47(71-13)35(8)48(64)55-38(52(68)69)29-36-23-18-16-19-24-36)58(11)51(67)44(32(3)4)56-49(65)45(33(5)6)57(10)41(61)26-20-17-21-27-60-42(62)30-37(50(60)66)53(9,54)15-2/h16,18-19,23-24,32-35,37-40,44-47H,14-15,17,20-22,25-31,54H2,1-13H3,(H,55,64)(H,56,65)(H,68,69)/t34-,35+,37?,38-,39-,40+,44-,45-,46-,47+,53?/m0/s1. The van der Waals surface area contributed by atoms with E-state index in [0.717, 1.165) is 12.0 Å². The van der Waals surface area contributed by atoms with E-state index in [1.807, 2.05) is 69.3 Å². The van der Waals surface area contributed by atoms with E-state index in [4.69, 9.17) is 9.47 Å². The number of ether oxygens (including phenoxy) is 2. The van der Waals surface area contributed by atoms with E-state index in [0.29, 0.717) is 51.6 Å². The average molecular weight is 995 g/mol. The number of carbonyl (C=O) groups is 8. The van der Waals surface area contributed by atoms with E-state index in [1.54, 1.807) is 55.1 Å². The summed E-state index contributed by atoms with van der Waals surface area (Å²) in [5, 5.41) is 15.4. The van der Waals surface area contributed by atoms with Crippen LogP contribution in [0.4, 0.5) is 0 Å². The van der Waals surface area contributed by atoms with Crippen molar-refractivity contribution in [1.82, 2.24) is 30.2 Å². The first kappa shape index (κ1) is 60.5. The molecule has 18 heteroatoms. The molecular weight excluding hydrogens is 907 g/mol. The number of likely N-dealkylation sites (tertiary alicyclic amines) is 2. The van der Waals surface area contributed by atoms with E-state index in [2.05, 4.69) is 10.6 Å². The van der Waals surface area contributed by atoms with Gasteiger partial charge in [-0.3, -0.25) is 38.5 Å². The predicted octanol–water partition coefficient (Wildman–Crippen LogP) is 4.50. The summed E-state index contributed by atoms with van der Waals surface area (Å²) in [4.78, 5) is 114. The van der Waals surface area contributed by atoms with Gasteiger partial charge in [0.1, 0.15) is 26.0 Å². The molecule has 3 N–H and O–H groups in total. The molecule has 0 aromatic heterocycles. The number of rotatable bonds is 29. The third-order valence-electron chi connectivity index (χ3n) is 15.5. The molecule has 2 saturated heterocycles. The molecule has 0 spiro atoms. The Morgan fingerprint density at radius 1 is 0.887 bits per heavy atom. The second-order valence-corrected chi connectivity index (χ2v) is 21.4. The number of nitrogens with one attached hydrogen (secondary N) is 2. The van der Waals surface area contributed by atoms with Crippen molar-refractivity contribution in [1.29, 1.82) is 0 Å². The summed E-state index contributed by atoms with van der Waals surface area (Å²) < 4.78 is 12.0. The van der Waals surface area contributed by atoms with Crippen molar-refractivity contribution in [3.8, 4) is 0 Å². The molecule has 1 aromatic carbocycles. The van der Waals surface area contributed by atoms with E-state index in [-0.39, 0.29) is 84.2 Å². The number of hydrogen-bond acceptors (Lipinski definition) is 10. The van der Waals surface area contributed by atoms with Gasteiger partial charge < -0.3 is 39.9 Å². The van der Waals surface area contributed by atoms with Gasteiger partial charge in [0, 0.05) is 66.6 Å². The number of imide groups is 1. The van der Waals surface area contributed by atoms with Crippen molar-refractivity contribution in [2.45, 2.75) is 181 Å². The van der Waals surface area contributed by atoms with Crippen molar-refractivity contribution in [2.24, 2.45) is 29.6 Å². The Morgan fingerprint density at radius 2 is 1.54 bits per heavy atom. The molecule has 1 aromatic rings. The van der Waals surface area contributed by atoms with Crippen LogP contribution in [0.3, 0.4) is 0 Å². The van der Waals surface area contributed by atoms with Gasteiger partial charge in [-0.05, 0) is 54.3 Å². The van der Waals surface area contributed by atoms with Crippen molar-refractivity contribution in [2.75, 3.05) is 41.4 Å². The molecule has 2 aliphatic rings. The molecule has 398 valence electrons. The quantitative estimate of drug-likeness (QED) is 0.0578. The highest BCUT2D eigenvalue weighted by molar-refractivity contribution is 6.19. The zero-order valence-electron chi connectivity index (χ0n) is 45.3. The number of benzene rings is 1. The molecule has 7 amide bonds. The lowest BCUT2D eigenvalue weighted by molar-refractivity contribution is -0.149. The molecule has 0 saturated carbocycles. The van der Waals surface area contributed by atoms with Gasteiger partial charge in [-0.1, -0.05) is 112 Å². The molecule has 0 bridgehead atoms. The minimum atomic E-state index is -1.16. The summed E-state index contributed by atoms with van der Waals surface area (Å²) in [7, 11) is 8.26. The Balaban J connectivity index is 1.69. The summed E-state index contributed by atoms with van der Waals surface area (Å²) >= 11 is 0. The van der Waals surface area contributed by atoms with Crippen LogP contribution in [0, 0.1) is 29.6 Å². The highest BCUT2D eigenvalue weighted by atomic mass is 16.5. The summed E-state index contributed by atoms with van der Waals surface area (Å²) in [5.41, 5.74) is 0.763. The largest absolute Gasteiger partial charge is 0.480 e. The molecule has 0 aliphatic carbocycles. The van der Waals surface area contributed by atoms with E-state index < -0.39 is 66.1 Å². The molecule has 2 unspecified atom stereocenters. The SMILES string of the molecule is BC(C)(CC)C1CC(=O)N(CCCCCC(=O)N(C)[C@H](C(=O)N[C@H](C(=O)N(C)[C@@H]([C@@H](C)CC)[C@@H](CC(=O)N2CCC[C@H]2[C@H](OC)[C@@H](C)C(=O)N[C@@H](Cc2ccccc2)C(=O)O)OC)C(C)C)C(C)C)C1=O. The maximum absolute atomic E-state index is 14.6. The number of carboxylic acids is 1. The van der Waals surface area contributed by atoms with Crippen LogP contribution in [0.5, 0.6) is 0 Å². The molecule has 2 aliphatic heterocycles. The van der Waals surface area contributed by atoms with Gasteiger partial charge in [0.15, 0.2) is 0 Å². The Bertz CT molecular complexity index is 1970. The van der Waals surface area contributed by atoms with Gasteiger partial charge in [-0.25, -0.2) is 4.79 Å². The lowest BCUT2D eigenvalue weighted by atomic mass is 9.60. The van der Waals surface area contributed by atoms with E-state index in [9.17, 15) is 43.5 Å². The monoisotopic (exact) mass is 995 g/mol. The van der Waals surface area contributed by atoms with Gasteiger partial charge in [-0.2, -0.15) is 0 Å². The highest BCUT2D eigenvalue weighted by Gasteiger charge is 2.46. The van der Waals surface area contributed by atoms with Crippen LogP contribution < -0.4 is 10.6 Å². The van der Waals surface area contributed by atoms with Crippen molar-refractivity contribution < 1.29 is 52.9 Å². The summed E-state index contributed by atoms with van der Waals surface area (Å²) in [6.07, 6.45) is 3.31. The fourth-order valence-corrected chi connectivity index (χ4v) is 10.4. The number of aliphatic carboxylic acids is 1. The number of methoxy groups -OCH3 is 2. The molecule has 11 atom stereocenters. The Hall–Kier alpha value is -4.84. The van der Waals surface area contributed by atoms with E-state index in [1.165, 1.54) is 24.0 Å². The first-order valence-corrected chi connectivity index (χ1v) is 26.0. The maximum Gasteiger partial charge on any atom is 0.326 e. The topological polar surface area (TPSA) is 212 Å². The lowest BCUT2D eigenvalue weighted by Crippen LogP contribution is -2.60. The molecule has 2 fully saturated rings. The van der Waals surface area contributed by atoms with Gasteiger partial charge in [0.25, 0.3) is 0 Å². The van der Waals surface area contributed by atoms with E-state index >= 15 is 0 Å². The average Bonchev–Trinajstić information content (AvgIpc) is 3.93. The minimum Gasteiger partial charge on any atom is -0.480 e. The van der Waals surface area contributed by atoms with Crippen molar-refractivity contribution in [3.05, 3.63) is 35.9 Å². The van der Waals surface area contributed by atoms with Gasteiger partial charge in [0.2, 0.25) is 41.4 Å². The number of hydrogen-bond donors (Lipinski definition) is 3. The minimum absolute atomic E-state index is 0.0812. The first-order valence-electron chi connectivity index (χ1n) is 26.0. The number of likely N-dealkylation sites (N-methyl/N-ethyl adjacent to an activating group) is 2. The third kappa shape index (κ3) is 15.8. The molecule has 2 heterocycles. The number of carbonyl (C=O) groups excluding carboxylic acids is 7. The lowest BCUT2D eigenvalue weighted by Gasteiger charge is -2.41. The fourth-order valence-electron chi connectivity index (χ4n) is 10.4. The maximum atomic E-state index is 14.6. The van der Waals surface area contributed by atoms with Crippen LogP contribution in [0.15, 0.2) is 30.3 Å². The summed E-state index contributed by atoms with van der Waals surface area (Å²) in [6, 6.07) is 4.97. The van der Waals surface area contributed by atoms with Crippen molar-refractivity contribution in [3.63, 3.8) is 0 Å². The van der Waals surface area contributed by atoms with Crippen LogP contribution in [-0.4, -0.2) is 164 Å². The smallest absolute Gasteiger partial charge is 0.326 e. The molecule has 17 nitrogen and oxygen atoms in total. The molecular formula is C53H87BN6O11. The fraction of sp³-hybridized carbons (Fsp3) is 0.736. The Kier molecular flexibility index (Phi) is 23.7. The Morgan fingerprint density at radius 3 is 2.08 bits per heavy atom. The normalized spacial score (nSPS) is 20.4. The van der Waals surface area contributed by atoms with Gasteiger partial charge in [0.05, 0.1) is 36.6 Å². The zero-order chi connectivity index (χ0) is 53.5. The number of carboxylic acid groups (broad SMARTS) is 1. The van der Waals surface area contributed by atoms with Crippen LogP contribution in [0.25, 0.3) is 0 Å². The Labute approximate surface area is 424 Å². The molecule has 3 rings (SSSR count). The van der Waals surface area contributed by atoms with Crippen LogP contribution >= 0.6 is 0 Å². The highest BCUT2D eigenvalue weighted by Crippen LogP contribution is 2.42. The number of nitrogens with zero attached hydrogens (tertiary/aromatic N) is 4. The second-order valence-electron chi connectivity index (χ2n) is 21.4. The first-order chi connectivity index (χ1) is 33.4. The third-order valence-corrected chi connectivity index (χ3v) is 15.5. The van der Waals surface area contributed by atoms with Crippen molar-refractivity contribution >= 4 is 55.2 Å². The predicted molar refractivity (Wildman–Crippen MR) is 274 cm³/mol. The number of unbranched alkanes of at least 4 members (excludes halogenated alkanes) is 2.